The van der Waals surface area contributed by atoms with Crippen molar-refractivity contribution in [1.29, 1.82) is 0 Å². The van der Waals surface area contributed by atoms with Crippen LogP contribution in [0.1, 0.15) is 138 Å². The number of nitrogens with zero attached hydrogens (tertiary/aromatic N) is 6. The van der Waals surface area contributed by atoms with Crippen LogP contribution in [0.5, 0.6) is 0 Å². The van der Waals surface area contributed by atoms with Gasteiger partial charge >= 0.3 is 23.9 Å². The number of hydrogen-bond acceptors (Lipinski definition) is 14. The van der Waals surface area contributed by atoms with Crippen LogP contribution in [0.3, 0.4) is 0 Å². The van der Waals surface area contributed by atoms with E-state index in [2.05, 4.69) is 52.6 Å². The molecule has 9 aromatic rings. The molecule has 3 saturated heterocycles. The molecule has 6 aliphatic heterocycles. The normalized spacial score (nSPS) is 16.4. The van der Waals surface area contributed by atoms with Crippen LogP contribution < -0.4 is 37.0 Å². The van der Waals surface area contributed by atoms with Crippen molar-refractivity contribution in [3.8, 4) is 35.5 Å². The van der Waals surface area contributed by atoms with Gasteiger partial charge in [-0.05, 0) is 181 Å². The maximum absolute atomic E-state index is 13.2. The van der Waals surface area contributed by atoms with Crippen LogP contribution >= 0.6 is 7.60 Å². The van der Waals surface area contributed by atoms with E-state index in [1.165, 1.54) is 0 Å². The minimum atomic E-state index is -4.41. The maximum Gasteiger partial charge on any atom is 0.360 e. The van der Waals surface area contributed by atoms with Crippen molar-refractivity contribution in [3.63, 3.8) is 0 Å². The SMILES string of the molecule is NCc1ccc2c(c1)C1(CCN(C(=O)c3ccc(C#Cc4ccccc4)o3)CC1)CN2C(N)=O.NCc1ccc2c(c1)C1(CCN(C(=O)c3ccc(C#Cc4ccccc4)o3)CC1)CN2CCP(=O)(O)O.NCc1ccc2c(c1)C1(CCN(C(=O)c3ccc(C#Cc4ccccc4)o3)CC1)CN2S(=O)(=O)O. The standard InChI is InChI=1S/C28H30N3O5P.C27H26N4O3.C26H25N3O5S/c29-19-22-7-10-25-24(18-22)28(20-31(25)16-17-37(33,34)35)12-14-30(15-13-28)27(32)26-11-9-23(36-26)8-6-21-4-2-1-3-5-21;28-17-20-7-10-23-22(16-20)27(18-31(23)26(29)33)12-14-30(15-13-27)25(32)24-11-9-21(34-24)8-6-19-4-2-1-3-5-19;27-17-20-7-10-23-22(16-20)26(18-29(23)35(31,32)33)12-14-28(15-13-26)25(30)24-11-9-21(34-24)8-6-19-4-2-1-3-5-19/h1-5,7,9-11,18H,12-17,19-20,29H2,(H2,33,34,35);1-5,7,9-11,16H,12-15,17-18,28H2,(H2,29,33);1-5,7,9-11,16H,12-15,17-18,27H2,(H,31,32,33). The van der Waals surface area contributed by atoms with Crippen LogP contribution in [0.25, 0.3) is 0 Å². The van der Waals surface area contributed by atoms with Crippen molar-refractivity contribution in [1.82, 2.24) is 14.7 Å². The highest BCUT2D eigenvalue weighted by Gasteiger charge is 2.50. The number of amides is 5. The van der Waals surface area contributed by atoms with Gasteiger partial charge in [-0.15, -0.1) is 0 Å². The van der Waals surface area contributed by atoms with Gasteiger partial charge in [0.15, 0.2) is 34.6 Å². The van der Waals surface area contributed by atoms with Gasteiger partial charge in [-0.3, -0.25) is 28.4 Å². The quantitative estimate of drug-likeness (QED) is 0.0380. The molecule has 3 aromatic heterocycles. The lowest BCUT2D eigenvalue weighted by Crippen LogP contribution is -2.48. The summed E-state index contributed by atoms with van der Waals surface area (Å²) in [5.41, 5.74) is 33.3. The van der Waals surface area contributed by atoms with Crippen LogP contribution in [-0.2, 0) is 50.7 Å². The Morgan fingerprint density at radius 1 is 0.443 bits per heavy atom. The second-order valence-corrected chi connectivity index (χ2v) is 30.6. The fraction of sp³-hybridized carbons (Fsp3) is 0.284. The van der Waals surface area contributed by atoms with E-state index in [9.17, 15) is 46.5 Å². The highest BCUT2D eigenvalue weighted by molar-refractivity contribution is 7.87. The van der Waals surface area contributed by atoms with Gasteiger partial charge in [0.05, 0.1) is 11.8 Å². The summed E-state index contributed by atoms with van der Waals surface area (Å²) in [7, 11) is -8.52. The number of rotatable bonds is 10. The summed E-state index contributed by atoms with van der Waals surface area (Å²) in [6, 6.07) is 55.8. The number of urea groups is 1. The molecule has 15 rings (SSSR count). The van der Waals surface area contributed by atoms with E-state index < -0.39 is 29.3 Å². The summed E-state index contributed by atoms with van der Waals surface area (Å²) in [5.74, 6) is 19.5. The third-order valence-corrected chi connectivity index (χ3v) is 22.6. The highest BCUT2D eigenvalue weighted by Crippen LogP contribution is 2.51. The number of likely N-dealkylation sites (tertiary alicyclic amines) is 3. The molecule has 106 heavy (non-hydrogen) atoms. The van der Waals surface area contributed by atoms with Crippen molar-refractivity contribution < 1.29 is 59.8 Å². The Morgan fingerprint density at radius 2 is 0.783 bits per heavy atom. The van der Waals surface area contributed by atoms with Gasteiger partial charge in [0.1, 0.15) is 0 Å². The molecule has 0 radical (unpaired) electrons. The first-order chi connectivity index (χ1) is 51.0. The van der Waals surface area contributed by atoms with E-state index in [1.54, 1.807) is 63.2 Å². The molecule has 25 heteroatoms. The lowest BCUT2D eigenvalue weighted by molar-refractivity contribution is 0.0635. The molecule has 5 amide bonds. The Kier molecular flexibility index (Phi) is 21.5. The van der Waals surface area contributed by atoms with Gasteiger partial charge in [0, 0.05) is 129 Å². The van der Waals surface area contributed by atoms with Crippen molar-refractivity contribution >= 4 is 58.7 Å². The molecule has 3 fully saturated rings. The zero-order valence-corrected chi connectivity index (χ0v) is 59.9. The fourth-order valence-electron chi connectivity index (χ4n) is 15.1. The summed E-state index contributed by atoms with van der Waals surface area (Å²) < 4.78 is 63.6. The maximum atomic E-state index is 13.2. The van der Waals surface area contributed by atoms with E-state index in [-0.39, 0.29) is 65.1 Å². The van der Waals surface area contributed by atoms with Crippen molar-refractivity contribution in [2.45, 2.75) is 74.4 Å². The minimum absolute atomic E-state index is 0.136. The number of primary amides is 1. The summed E-state index contributed by atoms with van der Waals surface area (Å²) in [6.07, 6.45) is 3.84. The van der Waals surface area contributed by atoms with Crippen LogP contribution in [0.2, 0.25) is 0 Å². The number of carbonyl (C=O) groups excluding carboxylic acids is 4. The largest absolute Gasteiger partial charge is 0.443 e. The molecule has 9 heterocycles. The first-order valence-electron chi connectivity index (χ1n) is 35.1. The zero-order valence-electron chi connectivity index (χ0n) is 58.2. The summed E-state index contributed by atoms with van der Waals surface area (Å²) >= 11 is 0. The number of piperidine rings is 3. The number of hydrogen-bond donors (Lipinski definition) is 7. The smallest absolute Gasteiger partial charge is 0.360 e. The van der Waals surface area contributed by atoms with E-state index in [4.69, 9.17) is 36.2 Å². The third kappa shape index (κ3) is 16.1. The predicted molar refractivity (Wildman–Crippen MR) is 402 cm³/mol. The first kappa shape index (κ1) is 73.4. The van der Waals surface area contributed by atoms with Crippen molar-refractivity contribution in [2.24, 2.45) is 22.9 Å². The number of nitrogens with two attached hydrogens (primary N) is 4. The monoisotopic (exact) mass is 1460 g/mol. The molecule has 0 bridgehead atoms. The molecule has 23 nitrogen and oxygen atoms in total. The van der Waals surface area contributed by atoms with E-state index in [1.807, 2.05) is 126 Å². The van der Waals surface area contributed by atoms with Crippen molar-refractivity contribution in [2.75, 3.05) is 85.7 Å². The molecular weight excluding hydrogens is 1380 g/mol. The molecule has 11 N–H and O–H groups in total. The molecule has 0 aliphatic carbocycles. The van der Waals surface area contributed by atoms with Gasteiger partial charge in [0.2, 0.25) is 0 Å². The van der Waals surface area contributed by atoms with Crippen LogP contribution in [0, 0.1) is 35.5 Å². The Bertz CT molecular complexity index is 5130. The lowest BCUT2D eigenvalue weighted by atomic mass is 9.74. The molecule has 0 atom stereocenters. The average Bonchev–Trinajstić information content (AvgIpc) is 1.59. The van der Waals surface area contributed by atoms with E-state index in [0.717, 1.165) is 91.4 Å². The summed E-state index contributed by atoms with van der Waals surface area (Å²) in [5, 5.41) is 0. The van der Waals surface area contributed by atoms with Crippen LogP contribution in [0.4, 0.5) is 21.9 Å². The fourth-order valence-corrected chi connectivity index (χ4v) is 16.4. The first-order valence-corrected chi connectivity index (χ1v) is 38.2. The van der Waals surface area contributed by atoms with Crippen LogP contribution in [0.15, 0.2) is 195 Å². The average molecular weight is 1470 g/mol. The molecule has 544 valence electrons. The second-order valence-electron chi connectivity index (χ2n) is 27.4. The highest BCUT2D eigenvalue weighted by atomic mass is 32.2. The number of fused-ring (bicyclic) bond motifs is 6. The Labute approximate surface area is 615 Å². The zero-order chi connectivity index (χ0) is 74.4. The molecule has 6 aliphatic rings. The summed E-state index contributed by atoms with van der Waals surface area (Å²) in [4.78, 5) is 79.3. The molecular formula is C81H81N10O13PS. The predicted octanol–water partition coefficient (Wildman–Crippen LogP) is 9.46. The lowest BCUT2D eigenvalue weighted by Gasteiger charge is -2.40. The Morgan fingerprint density at radius 3 is 1.14 bits per heavy atom. The number of furan rings is 3. The minimum Gasteiger partial charge on any atom is -0.443 e. The van der Waals surface area contributed by atoms with Gasteiger partial charge in [-0.25, -0.2) is 9.10 Å². The second kappa shape index (κ2) is 31.0. The third-order valence-electron chi connectivity index (χ3n) is 20.9. The van der Waals surface area contributed by atoms with Gasteiger partial charge in [0.25, 0.3) is 17.7 Å². The molecule has 0 saturated carbocycles. The number of carbonyl (C=O) groups is 4. The van der Waals surface area contributed by atoms with Crippen LogP contribution in [-0.4, -0.2) is 133 Å². The van der Waals surface area contributed by atoms with E-state index >= 15 is 0 Å². The van der Waals surface area contributed by atoms with E-state index in [0.29, 0.717) is 108 Å². The van der Waals surface area contributed by atoms with Gasteiger partial charge in [-0.2, -0.15) is 8.42 Å². The molecule has 6 aromatic carbocycles. The molecule has 3 spiro atoms. The van der Waals surface area contributed by atoms with Gasteiger partial charge < -0.3 is 65.6 Å². The van der Waals surface area contributed by atoms with Gasteiger partial charge in [-0.1, -0.05) is 109 Å². The van der Waals surface area contributed by atoms with Crippen molar-refractivity contribution in [3.05, 3.63) is 267 Å². The summed E-state index contributed by atoms with van der Waals surface area (Å²) in [6.45, 7) is 5.87. The number of anilines is 3. The Balaban J connectivity index is 0.000000141. The Hall–Kier alpha value is -10.9. The topological polar surface area (TPSA) is 343 Å². The molecule has 0 unspecified atom stereocenters. The number of benzene rings is 6.